The van der Waals surface area contributed by atoms with Crippen LogP contribution in [0.5, 0.6) is 5.75 Å². The van der Waals surface area contributed by atoms with E-state index in [4.69, 9.17) is 0 Å². The van der Waals surface area contributed by atoms with Gasteiger partial charge in [0.1, 0.15) is 5.75 Å². The van der Waals surface area contributed by atoms with Gasteiger partial charge in [-0.05, 0) is 18.9 Å². The lowest BCUT2D eigenvalue weighted by Gasteiger charge is -2.35. The van der Waals surface area contributed by atoms with Crippen LogP contribution in [0.1, 0.15) is 36.9 Å². The summed E-state index contributed by atoms with van der Waals surface area (Å²) >= 11 is 0. The number of piperazine rings is 1. The number of nitrogens with zero attached hydrogens (tertiary/aromatic N) is 1. The number of nitrogens with one attached hydrogen (secondary N) is 1. The number of aromatic hydroxyl groups is 1. The minimum atomic E-state index is 0. The molecule has 2 N–H and O–H groups in total. The van der Waals surface area contributed by atoms with Crippen molar-refractivity contribution < 1.29 is 5.11 Å². The molecule has 0 radical (unpaired) electrons. The minimum absolute atomic E-state index is 0. The highest BCUT2D eigenvalue weighted by Gasteiger charge is 2.23. The Kier molecular flexibility index (Phi) is 9.23. The first-order valence-corrected chi connectivity index (χ1v) is 6.97. The van der Waals surface area contributed by atoms with Gasteiger partial charge in [0, 0.05) is 37.8 Å². The molecule has 1 aliphatic rings. The third-order valence-corrected chi connectivity index (χ3v) is 3.78. The highest BCUT2D eigenvalue weighted by molar-refractivity contribution is 5.85. The summed E-state index contributed by atoms with van der Waals surface area (Å²) in [5, 5.41) is 13.7. The molecule has 0 bridgehead atoms. The summed E-state index contributed by atoms with van der Waals surface area (Å²) in [6.07, 6.45) is 2.25. The van der Waals surface area contributed by atoms with E-state index in [9.17, 15) is 5.11 Å². The molecule has 1 fully saturated rings. The number of para-hydroxylation sites is 1. The van der Waals surface area contributed by atoms with Crippen LogP contribution in [0.3, 0.4) is 0 Å². The fourth-order valence-electron chi connectivity index (χ4n) is 2.75. The van der Waals surface area contributed by atoms with Crippen molar-refractivity contribution in [2.24, 2.45) is 0 Å². The van der Waals surface area contributed by atoms with Gasteiger partial charge in [0.15, 0.2) is 0 Å². The Balaban J connectivity index is 0.00000180. The van der Waals surface area contributed by atoms with Crippen LogP contribution in [0.2, 0.25) is 0 Å². The van der Waals surface area contributed by atoms with Crippen LogP contribution in [-0.2, 0) is 0 Å². The SMILES string of the molecule is CCC[C@@H](c1cccc(C)c1O)N1CCNCC1.Cl.Cl. The molecule has 3 nitrogen and oxygen atoms in total. The number of benzene rings is 1. The van der Waals surface area contributed by atoms with Gasteiger partial charge in [-0.2, -0.15) is 0 Å². The van der Waals surface area contributed by atoms with Crippen LogP contribution in [0.15, 0.2) is 18.2 Å². The maximum atomic E-state index is 10.3. The molecule has 0 unspecified atom stereocenters. The molecule has 5 heteroatoms. The van der Waals surface area contributed by atoms with E-state index in [0.29, 0.717) is 11.8 Å². The molecule has 0 amide bonds. The Morgan fingerprint density at radius 3 is 2.50 bits per heavy atom. The summed E-state index contributed by atoms with van der Waals surface area (Å²) in [6.45, 7) is 8.41. The van der Waals surface area contributed by atoms with E-state index in [1.54, 1.807) is 0 Å². The standard InChI is InChI=1S/C15H24N2O.2ClH/c1-3-5-14(17-10-8-16-9-11-17)13-7-4-6-12(2)15(13)18;;/h4,6-7,14,16,18H,3,5,8-11H2,1-2H3;2*1H/t14-;;/m0../s1. The van der Waals surface area contributed by atoms with Gasteiger partial charge in [-0.15, -0.1) is 24.8 Å². The molecule has 0 spiro atoms. The van der Waals surface area contributed by atoms with Crippen LogP contribution in [0.25, 0.3) is 0 Å². The highest BCUT2D eigenvalue weighted by Crippen LogP contribution is 2.34. The van der Waals surface area contributed by atoms with Gasteiger partial charge in [-0.3, -0.25) is 4.90 Å². The number of aryl methyl sites for hydroxylation is 1. The second-order valence-corrected chi connectivity index (χ2v) is 5.10. The zero-order chi connectivity index (χ0) is 13.0. The molecule has 1 saturated heterocycles. The number of phenolic OH excluding ortho intramolecular Hbond substituents is 1. The largest absolute Gasteiger partial charge is 0.507 e. The summed E-state index contributed by atoms with van der Waals surface area (Å²) in [6, 6.07) is 6.46. The summed E-state index contributed by atoms with van der Waals surface area (Å²) < 4.78 is 0. The van der Waals surface area contributed by atoms with E-state index < -0.39 is 0 Å². The van der Waals surface area contributed by atoms with Gasteiger partial charge < -0.3 is 10.4 Å². The molecule has 1 aromatic carbocycles. The molecule has 20 heavy (non-hydrogen) atoms. The van der Waals surface area contributed by atoms with Crippen LogP contribution < -0.4 is 5.32 Å². The number of hydrogen-bond donors (Lipinski definition) is 2. The predicted octanol–water partition coefficient (Wildman–Crippen LogP) is 3.29. The van der Waals surface area contributed by atoms with Gasteiger partial charge in [-0.1, -0.05) is 31.5 Å². The van der Waals surface area contributed by atoms with Crippen molar-refractivity contribution in [3.63, 3.8) is 0 Å². The molecular weight excluding hydrogens is 295 g/mol. The second-order valence-electron chi connectivity index (χ2n) is 5.10. The van der Waals surface area contributed by atoms with Crippen LogP contribution in [0, 0.1) is 6.92 Å². The first kappa shape index (κ1) is 19.5. The lowest BCUT2D eigenvalue weighted by atomic mass is 9.97. The maximum absolute atomic E-state index is 10.3. The summed E-state index contributed by atoms with van der Waals surface area (Å²) in [5.41, 5.74) is 2.07. The first-order chi connectivity index (χ1) is 8.74. The third-order valence-electron chi connectivity index (χ3n) is 3.78. The summed E-state index contributed by atoms with van der Waals surface area (Å²) in [4.78, 5) is 2.49. The molecular formula is C15H26Cl2N2O. The van der Waals surface area contributed by atoms with Gasteiger partial charge in [0.2, 0.25) is 0 Å². The van der Waals surface area contributed by atoms with Crippen molar-refractivity contribution in [2.75, 3.05) is 26.2 Å². The number of phenols is 1. The van der Waals surface area contributed by atoms with E-state index >= 15 is 0 Å². The molecule has 1 atom stereocenters. The topological polar surface area (TPSA) is 35.5 Å². The number of halogens is 2. The monoisotopic (exact) mass is 320 g/mol. The number of hydrogen-bond acceptors (Lipinski definition) is 3. The van der Waals surface area contributed by atoms with Crippen molar-refractivity contribution in [3.8, 4) is 5.75 Å². The average Bonchev–Trinajstić information content (AvgIpc) is 2.41. The van der Waals surface area contributed by atoms with Crippen LogP contribution >= 0.6 is 24.8 Å². The van der Waals surface area contributed by atoms with E-state index in [2.05, 4.69) is 29.3 Å². The summed E-state index contributed by atoms with van der Waals surface area (Å²) in [5.74, 6) is 0.481. The lowest BCUT2D eigenvalue weighted by molar-refractivity contribution is 0.162. The van der Waals surface area contributed by atoms with E-state index in [1.165, 1.54) is 0 Å². The summed E-state index contributed by atoms with van der Waals surface area (Å²) in [7, 11) is 0. The van der Waals surface area contributed by atoms with Gasteiger partial charge in [-0.25, -0.2) is 0 Å². The second kappa shape index (κ2) is 9.46. The maximum Gasteiger partial charge on any atom is 0.123 e. The normalized spacial score (nSPS) is 16.9. The molecule has 1 heterocycles. The average molecular weight is 321 g/mol. The molecule has 0 saturated carbocycles. The Hall–Kier alpha value is -0.480. The predicted molar refractivity (Wildman–Crippen MR) is 89.4 cm³/mol. The fourth-order valence-corrected chi connectivity index (χ4v) is 2.75. The van der Waals surface area contributed by atoms with Gasteiger partial charge in [0.25, 0.3) is 0 Å². The molecule has 0 aliphatic carbocycles. The minimum Gasteiger partial charge on any atom is -0.507 e. The fraction of sp³-hybridized carbons (Fsp3) is 0.600. The molecule has 0 aromatic heterocycles. The van der Waals surface area contributed by atoms with Crippen molar-refractivity contribution in [2.45, 2.75) is 32.7 Å². The third kappa shape index (κ3) is 4.52. The molecule has 116 valence electrons. The van der Waals surface area contributed by atoms with E-state index in [0.717, 1.165) is 50.1 Å². The molecule has 2 rings (SSSR count). The Bertz CT molecular complexity index is 395. The van der Waals surface area contributed by atoms with Crippen molar-refractivity contribution >= 4 is 24.8 Å². The van der Waals surface area contributed by atoms with Gasteiger partial charge >= 0.3 is 0 Å². The zero-order valence-corrected chi connectivity index (χ0v) is 13.9. The van der Waals surface area contributed by atoms with E-state index in [1.807, 2.05) is 13.0 Å². The molecule has 1 aliphatic heterocycles. The quantitative estimate of drug-likeness (QED) is 0.893. The van der Waals surface area contributed by atoms with E-state index in [-0.39, 0.29) is 24.8 Å². The Morgan fingerprint density at radius 1 is 1.25 bits per heavy atom. The van der Waals surface area contributed by atoms with Crippen LogP contribution in [-0.4, -0.2) is 36.2 Å². The smallest absolute Gasteiger partial charge is 0.123 e. The zero-order valence-electron chi connectivity index (χ0n) is 12.3. The van der Waals surface area contributed by atoms with Crippen molar-refractivity contribution in [1.82, 2.24) is 10.2 Å². The number of rotatable bonds is 4. The Morgan fingerprint density at radius 2 is 1.90 bits per heavy atom. The Labute approximate surface area is 134 Å². The van der Waals surface area contributed by atoms with Crippen molar-refractivity contribution in [3.05, 3.63) is 29.3 Å². The van der Waals surface area contributed by atoms with Gasteiger partial charge in [0.05, 0.1) is 0 Å². The van der Waals surface area contributed by atoms with Crippen LogP contribution in [0.4, 0.5) is 0 Å². The molecule has 1 aromatic rings. The highest BCUT2D eigenvalue weighted by atomic mass is 35.5. The lowest BCUT2D eigenvalue weighted by Crippen LogP contribution is -2.45. The van der Waals surface area contributed by atoms with Crippen molar-refractivity contribution in [1.29, 1.82) is 0 Å². The first-order valence-electron chi connectivity index (χ1n) is 6.97.